The number of unbranched alkanes of at least 4 members (excludes halogenated alkanes) is 3. The molecule has 0 bridgehead atoms. The third-order valence-corrected chi connectivity index (χ3v) is 5.67. The van der Waals surface area contributed by atoms with Crippen LogP contribution in [0.1, 0.15) is 32.6 Å². The van der Waals surface area contributed by atoms with Crippen LogP contribution in [0.15, 0.2) is 0 Å². The summed E-state index contributed by atoms with van der Waals surface area (Å²) in [7, 11) is 1.65. The van der Waals surface area contributed by atoms with Crippen molar-refractivity contribution >= 4 is 0 Å². The Hall–Kier alpha value is -0.520. The molecule has 0 atom stereocenters. The van der Waals surface area contributed by atoms with E-state index in [1.807, 2.05) is 0 Å². The Labute approximate surface area is 266 Å². The lowest BCUT2D eigenvalue weighted by Gasteiger charge is -2.09. The first-order valence-electron chi connectivity index (χ1n) is 16.3. The number of ether oxygens (including phenoxy) is 13. The maximum absolute atomic E-state index is 5.52. The Balaban J connectivity index is 3.03. The van der Waals surface area contributed by atoms with Crippen molar-refractivity contribution in [2.24, 2.45) is 0 Å². The molecule has 0 heterocycles. The van der Waals surface area contributed by atoms with Gasteiger partial charge in [0.05, 0.1) is 159 Å². The Morgan fingerprint density at radius 2 is 0.432 bits per heavy atom. The first kappa shape index (κ1) is 43.5. The second-order valence-electron chi connectivity index (χ2n) is 9.40. The molecule has 0 fully saturated rings. The summed E-state index contributed by atoms with van der Waals surface area (Å²) in [4.78, 5) is 0. The van der Waals surface area contributed by atoms with E-state index in [-0.39, 0.29) is 0 Å². The largest absolute Gasteiger partial charge is 0.382 e. The molecule has 0 aromatic carbocycles. The smallest absolute Gasteiger partial charge is 0.0701 e. The number of rotatable bonds is 41. The Morgan fingerprint density at radius 1 is 0.227 bits per heavy atom. The zero-order valence-electron chi connectivity index (χ0n) is 27.8. The molecule has 0 aliphatic rings. The zero-order chi connectivity index (χ0) is 31.7. The third-order valence-electron chi connectivity index (χ3n) is 5.67. The van der Waals surface area contributed by atoms with Crippen molar-refractivity contribution in [3.63, 3.8) is 0 Å². The standard InChI is InChI=1S/C31H64O13/c1-3-4-5-6-7-33-10-11-35-14-15-37-18-19-39-22-23-41-26-27-43-30-31-44-29-28-42-25-24-40-21-20-38-17-16-36-13-12-34-9-8-32-2/h3-31H2,1-2H3. The van der Waals surface area contributed by atoms with Crippen molar-refractivity contribution in [3.05, 3.63) is 0 Å². The monoisotopic (exact) mass is 644 g/mol. The van der Waals surface area contributed by atoms with Gasteiger partial charge < -0.3 is 61.6 Å². The Kier molecular flexibility index (Phi) is 42.0. The van der Waals surface area contributed by atoms with Crippen LogP contribution in [0.3, 0.4) is 0 Å². The zero-order valence-corrected chi connectivity index (χ0v) is 27.8. The van der Waals surface area contributed by atoms with Crippen LogP contribution in [0.25, 0.3) is 0 Å². The first-order chi connectivity index (χ1) is 21.9. The summed E-state index contributed by atoms with van der Waals surface area (Å²) in [6, 6.07) is 0. The van der Waals surface area contributed by atoms with Crippen LogP contribution in [-0.4, -0.2) is 172 Å². The Morgan fingerprint density at radius 3 is 0.636 bits per heavy atom. The van der Waals surface area contributed by atoms with E-state index in [1.165, 1.54) is 19.3 Å². The highest BCUT2D eigenvalue weighted by molar-refractivity contribution is 4.41. The van der Waals surface area contributed by atoms with Crippen LogP contribution in [-0.2, 0) is 61.6 Å². The molecule has 0 spiro atoms. The average Bonchev–Trinajstić information content (AvgIpc) is 3.04. The highest BCUT2D eigenvalue weighted by Gasteiger charge is 1.97. The maximum Gasteiger partial charge on any atom is 0.0701 e. The molecule has 13 heteroatoms. The van der Waals surface area contributed by atoms with Gasteiger partial charge in [-0.05, 0) is 6.42 Å². The summed E-state index contributed by atoms with van der Waals surface area (Å²) in [6.45, 7) is 16.1. The fraction of sp³-hybridized carbons (Fsp3) is 1.00. The van der Waals surface area contributed by atoms with Crippen LogP contribution in [0, 0.1) is 0 Å². The molecule has 0 rings (SSSR count). The lowest BCUT2D eigenvalue weighted by molar-refractivity contribution is -0.0287. The minimum absolute atomic E-state index is 0.517. The fourth-order valence-corrected chi connectivity index (χ4v) is 3.29. The molecule has 0 unspecified atom stereocenters. The molecule has 0 aliphatic carbocycles. The Bertz CT molecular complexity index is 449. The molecule has 13 nitrogen and oxygen atoms in total. The summed E-state index contributed by atoms with van der Waals surface area (Å²) in [6.07, 6.45) is 4.90. The van der Waals surface area contributed by atoms with Crippen LogP contribution >= 0.6 is 0 Å². The van der Waals surface area contributed by atoms with Gasteiger partial charge in [0.25, 0.3) is 0 Å². The first-order valence-corrected chi connectivity index (χ1v) is 16.3. The molecule has 0 amide bonds. The van der Waals surface area contributed by atoms with Crippen LogP contribution in [0.4, 0.5) is 0 Å². The molecule has 0 aromatic rings. The highest BCUT2D eigenvalue weighted by atomic mass is 16.6. The van der Waals surface area contributed by atoms with Gasteiger partial charge in [0.2, 0.25) is 0 Å². The van der Waals surface area contributed by atoms with Crippen molar-refractivity contribution < 1.29 is 61.6 Å². The lowest BCUT2D eigenvalue weighted by atomic mass is 10.2. The molecule has 0 N–H and O–H groups in total. The van der Waals surface area contributed by atoms with Crippen LogP contribution in [0.2, 0.25) is 0 Å². The van der Waals surface area contributed by atoms with Gasteiger partial charge in [-0.15, -0.1) is 0 Å². The molecule has 44 heavy (non-hydrogen) atoms. The lowest BCUT2D eigenvalue weighted by Crippen LogP contribution is -2.15. The number of hydrogen-bond acceptors (Lipinski definition) is 13. The predicted octanol–water partition coefficient (Wildman–Crippen LogP) is 2.41. The maximum atomic E-state index is 5.52. The SMILES string of the molecule is CCCCCCOCCOCCOCCOCCOCCOCCOCCOCCOCCOCCOCCOCCOC. The molecule has 0 saturated heterocycles. The van der Waals surface area contributed by atoms with E-state index in [0.29, 0.717) is 159 Å². The van der Waals surface area contributed by atoms with Crippen molar-refractivity contribution in [1.82, 2.24) is 0 Å². The van der Waals surface area contributed by atoms with E-state index >= 15 is 0 Å². The average molecular weight is 645 g/mol. The van der Waals surface area contributed by atoms with Gasteiger partial charge in [-0.1, -0.05) is 26.2 Å². The highest BCUT2D eigenvalue weighted by Crippen LogP contribution is 1.98. The molecule has 0 saturated carbocycles. The number of methoxy groups -OCH3 is 1. The molecular formula is C31H64O13. The summed E-state index contributed by atoms with van der Waals surface area (Å²) < 4.78 is 70.4. The summed E-state index contributed by atoms with van der Waals surface area (Å²) in [5.41, 5.74) is 0. The van der Waals surface area contributed by atoms with E-state index in [2.05, 4.69) is 6.92 Å². The third kappa shape index (κ3) is 41.5. The minimum Gasteiger partial charge on any atom is -0.382 e. The quantitative estimate of drug-likeness (QED) is 0.0907. The van der Waals surface area contributed by atoms with Gasteiger partial charge in [0.1, 0.15) is 0 Å². The van der Waals surface area contributed by atoms with E-state index < -0.39 is 0 Å². The molecule has 266 valence electrons. The van der Waals surface area contributed by atoms with Gasteiger partial charge in [0.15, 0.2) is 0 Å². The van der Waals surface area contributed by atoms with Crippen molar-refractivity contribution in [1.29, 1.82) is 0 Å². The van der Waals surface area contributed by atoms with Crippen LogP contribution < -0.4 is 0 Å². The second kappa shape index (κ2) is 42.5. The van der Waals surface area contributed by atoms with Gasteiger partial charge in [-0.25, -0.2) is 0 Å². The van der Waals surface area contributed by atoms with E-state index in [9.17, 15) is 0 Å². The van der Waals surface area contributed by atoms with Gasteiger partial charge >= 0.3 is 0 Å². The molecule has 0 radical (unpaired) electrons. The van der Waals surface area contributed by atoms with Crippen molar-refractivity contribution in [3.8, 4) is 0 Å². The normalized spacial score (nSPS) is 11.6. The summed E-state index contributed by atoms with van der Waals surface area (Å²) >= 11 is 0. The predicted molar refractivity (Wildman–Crippen MR) is 166 cm³/mol. The fourth-order valence-electron chi connectivity index (χ4n) is 3.29. The van der Waals surface area contributed by atoms with E-state index in [4.69, 9.17) is 61.6 Å². The molecular weight excluding hydrogens is 580 g/mol. The summed E-state index contributed by atoms with van der Waals surface area (Å²) in [5.74, 6) is 0. The van der Waals surface area contributed by atoms with E-state index in [0.717, 1.165) is 13.0 Å². The van der Waals surface area contributed by atoms with Crippen molar-refractivity contribution in [2.75, 3.05) is 172 Å². The van der Waals surface area contributed by atoms with Gasteiger partial charge in [-0.3, -0.25) is 0 Å². The number of hydrogen-bond donors (Lipinski definition) is 0. The van der Waals surface area contributed by atoms with Crippen molar-refractivity contribution in [2.45, 2.75) is 32.6 Å². The van der Waals surface area contributed by atoms with Gasteiger partial charge in [0, 0.05) is 13.7 Å². The minimum atomic E-state index is 0.517. The topological polar surface area (TPSA) is 120 Å². The molecule has 0 aromatic heterocycles. The van der Waals surface area contributed by atoms with Gasteiger partial charge in [-0.2, -0.15) is 0 Å². The van der Waals surface area contributed by atoms with E-state index in [1.54, 1.807) is 7.11 Å². The molecule has 0 aliphatic heterocycles. The second-order valence-corrected chi connectivity index (χ2v) is 9.40. The summed E-state index contributed by atoms with van der Waals surface area (Å²) in [5, 5.41) is 0. The van der Waals surface area contributed by atoms with Crippen LogP contribution in [0.5, 0.6) is 0 Å².